The van der Waals surface area contributed by atoms with Gasteiger partial charge in [-0.2, -0.15) is 0 Å². The fourth-order valence-corrected chi connectivity index (χ4v) is 5.54. The summed E-state index contributed by atoms with van der Waals surface area (Å²) < 4.78 is 4.86. The van der Waals surface area contributed by atoms with Crippen LogP contribution in [0.2, 0.25) is 0 Å². The number of nitrogens with zero attached hydrogens (tertiary/aromatic N) is 1. The Kier molecular flexibility index (Phi) is 7.57. The molecule has 170 valence electrons. The Morgan fingerprint density at radius 2 is 1.77 bits per heavy atom. The molecule has 0 spiro atoms. The van der Waals surface area contributed by atoms with Gasteiger partial charge in [0.05, 0.1) is 18.9 Å². The number of rotatable bonds is 7. The van der Waals surface area contributed by atoms with Crippen molar-refractivity contribution in [2.24, 2.45) is 23.5 Å². The van der Waals surface area contributed by atoms with E-state index in [4.69, 9.17) is 10.5 Å². The number of phenolic OH excluding ortho intramolecular Hbond substituents is 1. The average molecular weight is 431 g/mol. The van der Waals surface area contributed by atoms with Crippen LogP contribution in [0.5, 0.6) is 5.75 Å². The van der Waals surface area contributed by atoms with E-state index in [0.717, 1.165) is 25.8 Å². The highest BCUT2D eigenvalue weighted by molar-refractivity contribution is 5.86. The smallest absolute Gasteiger partial charge is 0.309 e. The van der Waals surface area contributed by atoms with Crippen molar-refractivity contribution in [1.82, 2.24) is 4.90 Å². The lowest BCUT2D eigenvalue weighted by atomic mass is 9.75. The van der Waals surface area contributed by atoms with Crippen molar-refractivity contribution in [2.45, 2.75) is 63.8 Å². The zero-order valence-electron chi connectivity index (χ0n) is 18.5. The number of primary amides is 1. The molecule has 0 aromatic heterocycles. The predicted molar refractivity (Wildman–Crippen MR) is 116 cm³/mol. The minimum atomic E-state index is -0.895. The number of esters is 1. The van der Waals surface area contributed by atoms with E-state index in [1.54, 1.807) is 19.1 Å². The van der Waals surface area contributed by atoms with Crippen LogP contribution in [0, 0.1) is 17.8 Å². The van der Waals surface area contributed by atoms with Crippen LogP contribution < -0.4 is 5.73 Å². The van der Waals surface area contributed by atoms with Crippen molar-refractivity contribution < 1.29 is 24.2 Å². The number of piperidine rings is 1. The maximum atomic E-state index is 13.5. The van der Waals surface area contributed by atoms with Crippen LogP contribution in [0.4, 0.5) is 0 Å². The summed E-state index contributed by atoms with van der Waals surface area (Å²) in [6, 6.07) is 6.68. The molecule has 31 heavy (non-hydrogen) atoms. The van der Waals surface area contributed by atoms with Gasteiger partial charge in [0.2, 0.25) is 11.8 Å². The predicted octanol–water partition coefficient (Wildman–Crippen LogP) is 2.96. The largest absolute Gasteiger partial charge is 0.508 e. The first-order valence-electron chi connectivity index (χ1n) is 11.3. The molecule has 1 aliphatic heterocycles. The molecule has 1 aromatic rings. The van der Waals surface area contributed by atoms with E-state index in [1.165, 1.54) is 38.5 Å². The number of amides is 2. The molecule has 1 aliphatic carbocycles. The summed E-state index contributed by atoms with van der Waals surface area (Å²) in [4.78, 5) is 40.2. The van der Waals surface area contributed by atoms with Crippen LogP contribution in [0.25, 0.3) is 0 Å². The number of phenols is 1. The second-order valence-corrected chi connectivity index (χ2v) is 8.98. The van der Waals surface area contributed by atoms with Crippen LogP contribution >= 0.6 is 0 Å². The molecule has 3 rings (SSSR count). The van der Waals surface area contributed by atoms with Crippen molar-refractivity contribution in [3.05, 3.63) is 29.8 Å². The average Bonchev–Trinajstić information content (AvgIpc) is 2.77. The van der Waals surface area contributed by atoms with Crippen LogP contribution in [-0.4, -0.2) is 47.5 Å². The fourth-order valence-electron chi connectivity index (χ4n) is 5.54. The summed E-state index contributed by atoms with van der Waals surface area (Å²) >= 11 is 0. The van der Waals surface area contributed by atoms with Crippen molar-refractivity contribution in [3.63, 3.8) is 0 Å². The van der Waals surface area contributed by atoms with Gasteiger partial charge in [0.15, 0.2) is 0 Å². The Morgan fingerprint density at radius 1 is 1.13 bits per heavy atom. The SMILES string of the molecule is COC(=O)C(C)[C@@H](C(N)=O)C(CC(=O)N1CCCC2CCCCC21)c1ccc(O)cc1. The molecule has 2 amide bonds. The monoisotopic (exact) mass is 430 g/mol. The molecule has 0 radical (unpaired) electrons. The van der Waals surface area contributed by atoms with E-state index in [0.29, 0.717) is 11.5 Å². The Hall–Kier alpha value is -2.57. The summed E-state index contributed by atoms with van der Waals surface area (Å²) in [5.41, 5.74) is 6.43. The first-order valence-corrected chi connectivity index (χ1v) is 11.3. The molecule has 2 aliphatic rings. The summed E-state index contributed by atoms with van der Waals surface area (Å²) in [6.07, 6.45) is 6.79. The molecule has 1 saturated carbocycles. The molecule has 7 nitrogen and oxygen atoms in total. The second kappa shape index (κ2) is 10.2. The molecular weight excluding hydrogens is 396 g/mol. The van der Waals surface area contributed by atoms with E-state index in [1.807, 2.05) is 4.90 Å². The Morgan fingerprint density at radius 3 is 2.42 bits per heavy atom. The highest BCUT2D eigenvalue weighted by atomic mass is 16.5. The van der Waals surface area contributed by atoms with Gasteiger partial charge in [0.25, 0.3) is 0 Å². The summed E-state index contributed by atoms with van der Waals surface area (Å²) in [5, 5.41) is 9.70. The number of methoxy groups -OCH3 is 1. The van der Waals surface area contributed by atoms with E-state index in [9.17, 15) is 19.5 Å². The number of hydrogen-bond donors (Lipinski definition) is 2. The summed E-state index contributed by atoms with van der Waals surface area (Å²) in [7, 11) is 1.27. The van der Waals surface area contributed by atoms with Gasteiger partial charge in [0.1, 0.15) is 5.75 Å². The van der Waals surface area contributed by atoms with Crippen LogP contribution in [0.15, 0.2) is 24.3 Å². The molecule has 5 atom stereocenters. The second-order valence-electron chi connectivity index (χ2n) is 8.98. The minimum Gasteiger partial charge on any atom is -0.508 e. The Bertz CT molecular complexity index is 792. The van der Waals surface area contributed by atoms with Gasteiger partial charge in [-0.15, -0.1) is 0 Å². The van der Waals surface area contributed by atoms with E-state index in [2.05, 4.69) is 0 Å². The number of fused-ring (bicyclic) bond motifs is 1. The highest BCUT2D eigenvalue weighted by Crippen LogP contribution is 2.39. The lowest BCUT2D eigenvalue weighted by Crippen LogP contribution is -2.50. The quantitative estimate of drug-likeness (QED) is 0.646. The Balaban J connectivity index is 1.90. The third-order valence-corrected chi connectivity index (χ3v) is 7.15. The van der Waals surface area contributed by atoms with Gasteiger partial charge >= 0.3 is 5.97 Å². The van der Waals surface area contributed by atoms with Gasteiger partial charge in [-0.1, -0.05) is 31.9 Å². The van der Waals surface area contributed by atoms with E-state index >= 15 is 0 Å². The van der Waals surface area contributed by atoms with Gasteiger partial charge in [-0.25, -0.2) is 0 Å². The molecule has 2 fully saturated rings. The van der Waals surface area contributed by atoms with Crippen molar-refractivity contribution >= 4 is 17.8 Å². The summed E-state index contributed by atoms with van der Waals surface area (Å²) in [5.74, 6) is -2.80. The zero-order valence-corrected chi connectivity index (χ0v) is 18.5. The third-order valence-electron chi connectivity index (χ3n) is 7.15. The number of carbonyl (C=O) groups excluding carboxylic acids is 3. The molecule has 4 unspecified atom stereocenters. The summed E-state index contributed by atoms with van der Waals surface area (Å²) in [6.45, 7) is 2.34. The number of ether oxygens (including phenoxy) is 1. The molecular formula is C24H34N2O5. The molecule has 1 saturated heterocycles. The van der Waals surface area contributed by atoms with Crippen molar-refractivity contribution in [1.29, 1.82) is 0 Å². The normalized spacial score (nSPS) is 23.9. The molecule has 1 aromatic carbocycles. The number of hydrogen-bond acceptors (Lipinski definition) is 5. The number of benzene rings is 1. The maximum absolute atomic E-state index is 13.5. The standard InChI is InChI=1S/C24H34N2O5/c1-15(24(30)31-2)22(23(25)29)19(16-9-11-18(27)12-10-16)14-21(28)26-13-5-7-17-6-3-4-8-20(17)26/h9-12,15,17,19-20,22,27H,3-8,13-14H2,1-2H3,(H2,25,29)/t15?,17?,19?,20?,22-/m1/s1. The van der Waals surface area contributed by atoms with Gasteiger partial charge < -0.3 is 20.5 Å². The highest BCUT2D eigenvalue weighted by Gasteiger charge is 2.41. The lowest BCUT2D eigenvalue weighted by molar-refractivity contribution is -0.150. The minimum absolute atomic E-state index is 0.00186. The number of nitrogens with two attached hydrogens (primary N) is 1. The van der Waals surface area contributed by atoms with Crippen LogP contribution in [0.1, 0.15) is 63.4 Å². The molecule has 0 bridgehead atoms. The van der Waals surface area contributed by atoms with Gasteiger partial charge in [-0.05, 0) is 49.3 Å². The zero-order chi connectivity index (χ0) is 22.5. The van der Waals surface area contributed by atoms with Crippen LogP contribution in [-0.2, 0) is 19.1 Å². The first kappa shape index (κ1) is 23.1. The molecule has 1 heterocycles. The fraction of sp³-hybridized carbons (Fsp3) is 0.625. The van der Waals surface area contributed by atoms with Gasteiger partial charge in [0, 0.05) is 24.9 Å². The third kappa shape index (κ3) is 5.20. The molecule has 3 N–H and O–H groups in total. The lowest BCUT2D eigenvalue weighted by Gasteiger charge is -2.44. The first-order chi connectivity index (χ1) is 14.8. The van der Waals surface area contributed by atoms with E-state index < -0.39 is 29.6 Å². The van der Waals surface area contributed by atoms with Crippen molar-refractivity contribution in [2.75, 3.05) is 13.7 Å². The number of aromatic hydroxyl groups is 1. The van der Waals surface area contributed by atoms with Crippen molar-refractivity contribution in [3.8, 4) is 5.75 Å². The van der Waals surface area contributed by atoms with Gasteiger partial charge in [-0.3, -0.25) is 14.4 Å². The Labute approximate surface area is 183 Å². The maximum Gasteiger partial charge on any atom is 0.309 e. The van der Waals surface area contributed by atoms with Crippen LogP contribution in [0.3, 0.4) is 0 Å². The molecule has 7 heteroatoms. The number of likely N-dealkylation sites (tertiary alicyclic amines) is 1. The number of carbonyl (C=O) groups is 3. The van der Waals surface area contributed by atoms with E-state index in [-0.39, 0.29) is 24.1 Å². The topological polar surface area (TPSA) is 110 Å².